The summed E-state index contributed by atoms with van der Waals surface area (Å²) in [5, 5.41) is 18.8. The van der Waals surface area contributed by atoms with E-state index < -0.39 is 0 Å². The zero-order chi connectivity index (χ0) is 19.4. The Morgan fingerprint density at radius 2 is 1.67 bits per heavy atom. The molecule has 0 spiro atoms. The summed E-state index contributed by atoms with van der Waals surface area (Å²) >= 11 is 13.8. The molecule has 1 rings (SSSR count). The topological polar surface area (TPSA) is 174 Å². The van der Waals surface area contributed by atoms with Crippen LogP contribution in [0.25, 0.3) is 0 Å². The van der Waals surface area contributed by atoms with Crippen molar-refractivity contribution in [1.82, 2.24) is 41.7 Å². The van der Waals surface area contributed by atoms with Crippen LogP contribution >= 0.6 is 36.7 Å². The third kappa shape index (κ3) is 33.5. The van der Waals surface area contributed by atoms with Gasteiger partial charge in [-0.1, -0.05) is 6.47 Å². The number of aromatic nitrogens is 3. The van der Waals surface area contributed by atoms with Crippen molar-refractivity contribution in [3.8, 4) is 0 Å². The molecule has 1 amide bonds. The monoisotopic (exact) mass is 1200 g/mol. The molecule has 12 nitrogen and oxygen atoms in total. The molecule has 0 unspecified atom stereocenters. The van der Waals surface area contributed by atoms with Gasteiger partial charge in [-0.05, 0) is 37.8 Å². The van der Waals surface area contributed by atoms with E-state index in [0.717, 1.165) is 0 Å². The number of nitrogens with zero attached hydrogens (tertiary/aromatic N) is 2. The van der Waals surface area contributed by atoms with Crippen LogP contribution in [0.1, 0.15) is 0 Å². The smallest absolute Gasteiger partial charge is 0.182 e. The van der Waals surface area contributed by atoms with Crippen molar-refractivity contribution in [3.63, 3.8) is 0 Å². The van der Waals surface area contributed by atoms with Crippen molar-refractivity contribution in [3.05, 3.63) is 11.1 Å². The molecule has 0 aromatic carbocycles. The number of aryl methyl sites for hydroxylation is 1. The van der Waals surface area contributed by atoms with E-state index in [4.69, 9.17) is 28.0 Å². The summed E-state index contributed by atoms with van der Waals surface area (Å²) in [5.41, 5.74) is 6.60. The van der Waals surface area contributed by atoms with Crippen LogP contribution in [0.2, 0.25) is 0 Å². The van der Waals surface area contributed by atoms with Gasteiger partial charge < -0.3 is 51.3 Å². The van der Waals surface area contributed by atoms with Crippen LogP contribution in [0.15, 0.2) is 0 Å². The molecule has 0 aliphatic heterocycles. The predicted octanol–water partition coefficient (Wildman–Crippen LogP) is -2.50. The molecule has 1 heterocycles. The van der Waals surface area contributed by atoms with Crippen molar-refractivity contribution in [2.45, 2.75) is 0 Å². The first-order valence-electron chi connectivity index (χ1n) is 5.62. The number of hydrazine groups is 2. The zero-order valence-electron chi connectivity index (χ0n) is 15.1. The van der Waals surface area contributed by atoms with E-state index >= 15 is 0 Å². The second-order valence-electron chi connectivity index (χ2n) is 2.93. The third-order valence-electron chi connectivity index (χ3n) is 1.47. The van der Waals surface area contributed by atoms with Gasteiger partial charge in [0.25, 0.3) is 0 Å². The maximum Gasteiger partial charge on any atom is 0.182 e. The molecule has 0 saturated heterocycles. The van der Waals surface area contributed by atoms with E-state index in [1.165, 1.54) is 6.41 Å². The second-order valence-corrected chi connectivity index (χ2v) is 4.14. The second kappa shape index (κ2) is 28.8. The van der Waals surface area contributed by atoms with E-state index in [0.29, 0.717) is 21.5 Å². The Labute approximate surface area is 154 Å². The number of amides is 1. The van der Waals surface area contributed by atoms with E-state index in [-0.39, 0.29) is 0 Å². The Hall–Kier alpha value is -5.36. The molecule has 1 aromatic heterocycles. The van der Waals surface area contributed by atoms with Crippen LogP contribution in [-0.2, 0) is 16.6 Å². The molecule has 0 radical (unpaired) electrons. The molecule has 0 saturated carbocycles. The Balaban J connectivity index is -0.0000000546. The van der Waals surface area contributed by atoms with Gasteiger partial charge in [0.2, 0.25) is 0 Å². The fourth-order valence-electron chi connectivity index (χ4n) is 0.485. The Bertz CT molecular complexity index is 527. The number of nitrogens with one attached hydrogen (secondary N) is 6. The summed E-state index contributed by atoms with van der Waals surface area (Å²) in [5.74, 6) is 4.83. The number of H-pyrrole nitrogens is 1. The van der Waals surface area contributed by atoms with Gasteiger partial charge in [-0.15, -0.1) is 6.41 Å². The van der Waals surface area contributed by atoms with Crippen molar-refractivity contribution < 1.29 is 14.7 Å². The fraction of sp³-hybridized carbons (Fsp3) is 0.333. The van der Waals surface area contributed by atoms with Crippen LogP contribution in [0.5, 0.6) is 0 Å². The largest absolute Gasteiger partial charge is 0.665 e. The number of aromatic amines is 1. The number of rotatable bonds is 2. The molecule has 1 aromatic rings. The van der Waals surface area contributed by atoms with E-state index in [1.807, 2.05) is 5.43 Å². The van der Waals surface area contributed by atoms with Crippen molar-refractivity contribution in [2.24, 2.45) is 12.9 Å². The summed E-state index contributed by atoms with van der Waals surface area (Å²) in [6.45, 7) is 0.500. The van der Waals surface area contributed by atoms with Crippen molar-refractivity contribution in [1.29, 1.82) is 0 Å². The van der Waals surface area contributed by atoms with Gasteiger partial charge in [-0.2, -0.15) is 12.2 Å². The van der Waals surface area contributed by atoms with Gasteiger partial charge >= 0.3 is 0 Å². The molecule has 0 aliphatic carbocycles. The first-order valence-corrected chi connectivity index (χ1v) is 6.85. The maximum absolute atomic E-state index is 9.44. The van der Waals surface area contributed by atoms with Crippen LogP contribution in [0.4, 0.5) is 0 Å². The molecule has 9 N–H and O–H groups in total. The van der Waals surface area contributed by atoms with Crippen LogP contribution in [-0.4, -0.2) is 57.1 Å². The summed E-state index contributed by atoms with van der Waals surface area (Å²) in [6.07, 6.45) is 3.97. The summed E-state index contributed by atoms with van der Waals surface area (Å²) < 4.78 is 2.20. The summed E-state index contributed by atoms with van der Waals surface area (Å²) in [6, 6.07) is 0. The molecule has 0 bridgehead atoms. The standard InChI is InChI=1S/C3H6N3OS.C3H4N3S.C2H7N3S.CHO2.3Rf/c1-4-3(8)6-5-2-7;1-6-2-4-5-3(6)7;1-4-2(6)5-3;2-1-3;;;/h1H3,(H,5,7)(H2,4,6,8);1H3,(H,5,7);3H2,1H3,(H2,4,5,6);(H,2,3);;;/q2*-1;;-1;;;. The SMILES string of the molecule is CNC(=S)NN.CNC(=S)NN[C-]=O.Cn1[c-]n[nH]c1=S.O=[C-]O.[Rf].[Rf].[Rf]. The van der Waals surface area contributed by atoms with E-state index in [9.17, 15) is 4.79 Å². The minimum absolute atomic E-state index is 0. The minimum Gasteiger partial charge on any atom is -0.665 e. The van der Waals surface area contributed by atoms with Crippen LogP contribution in [0.3, 0.4) is 0 Å². The van der Waals surface area contributed by atoms with E-state index in [1.54, 1.807) is 25.7 Å². The van der Waals surface area contributed by atoms with Gasteiger partial charge in [0.1, 0.15) is 0 Å². The Morgan fingerprint density at radius 1 is 1.22 bits per heavy atom. The quantitative estimate of drug-likeness (QED) is 0.0516. The van der Waals surface area contributed by atoms with Crippen molar-refractivity contribution in [2.75, 3.05) is 14.1 Å². The van der Waals surface area contributed by atoms with Crippen LogP contribution < -0.4 is 32.8 Å². The van der Waals surface area contributed by atoms with Gasteiger partial charge in [0.05, 0.1) is 0 Å². The zero-order valence-corrected chi connectivity index (χ0v) is 36.7. The molecule has 0 atom stereocenters. The Morgan fingerprint density at radius 3 is 1.81 bits per heavy atom. The van der Waals surface area contributed by atoms with E-state index in [2.05, 4.69) is 62.4 Å². The molecule has 144 valence electrons. The summed E-state index contributed by atoms with van der Waals surface area (Å²) in [4.78, 5) is 17.7. The van der Waals surface area contributed by atoms with Crippen molar-refractivity contribution >= 4 is 59.8 Å². The van der Waals surface area contributed by atoms with Crippen LogP contribution in [0, 0.1) is 11.1 Å². The minimum atomic E-state index is 0. The predicted molar refractivity (Wildman–Crippen MR) is 98.2 cm³/mol. The summed E-state index contributed by atoms with van der Waals surface area (Å²) in [7, 11) is 5.12. The average Bonchev–Trinajstić information content (AvgIpc) is 2.96. The van der Waals surface area contributed by atoms with Gasteiger partial charge in [0.15, 0.2) is 10.2 Å². The maximum atomic E-state index is 9.44. The molecular formula is C9H18N9O3Rf3S3-3. The Kier molecular flexibility index (Phi) is 40.1. The fourth-order valence-corrected chi connectivity index (χ4v) is 0.623. The number of thiocarbonyl (C=S) groups is 2. The molecule has 0 fully saturated rings. The number of carbonyl (C=O) groups excluding carboxylic acids is 1. The number of hydrogen-bond donors (Lipinski definition) is 8. The number of nitrogens with two attached hydrogens (primary N) is 1. The molecule has 27 heavy (non-hydrogen) atoms. The average molecular weight is 1200 g/mol. The molecule has 18 heteroatoms. The third-order valence-corrected chi connectivity index (χ3v) is 2.46. The van der Waals surface area contributed by atoms with Gasteiger partial charge in [0, 0.05) is 18.9 Å². The number of hydrogen-bond acceptors (Lipinski definition) is 7. The molecule has 0 aliphatic rings. The normalized spacial score (nSPS) is 6.52. The first kappa shape index (κ1) is 37.7. The number of aliphatic hydroxyl groups excluding tert-OH is 1. The molecular weight excluding hydrogens is 1180 g/mol. The van der Waals surface area contributed by atoms with Gasteiger partial charge in [-0.25, -0.2) is 5.84 Å². The van der Waals surface area contributed by atoms with Gasteiger partial charge in [-0.3, -0.25) is 5.10 Å². The first-order chi connectivity index (χ1) is 11.3.